The minimum absolute atomic E-state index is 0.208. The number of hydrogen-bond donors (Lipinski definition) is 1. The normalized spacial score (nSPS) is 16.7. The maximum absolute atomic E-state index is 13.3. The molecule has 0 radical (unpaired) electrons. The van der Waals surface area contributed by atoms with Crippen molar-refractivity contribution in [1.82, 2.24) is 10.3 Å². The zero-order chi connectivity index (χ0) is 22.8. The van der Waals surface area contributed by atoms with Gasteiger partial charge < -0.3 is 9.47 Å². The van der Waals surface area contributed by atoms with E-state index in [1.807, 2.05) is 72.8 Å². The highest BCUT2D eigenvalue weighted by Crippen LogP contribution is 2.37. The molecule has 0 saturated heterocycles. The lowest BCUT2D eigenvalue weighted by Gasteiger charge is -2.34. The van der Waals surface area contributed by atoms with Gasteiger partial charge in [0, 0.05) is 22.6 Å². The lowest BCUT2D eigenvalue weighted by molar-refractivity contribution is -0.116. The number of thioether (sulfide) groups is 1. The van der Waals surface area contributed by atoms with E-state index in [0.29, 0.717) is 28.1 Å². The lowest BCUT2D eigenvalue weighted by atomic mass is 10.1. The summed E-state index contributed by atoms with van der Waals surface area (Å²) < 4.78 is 11.0. The molecule has 5 rings (SSSR count). The molecule has 0 aromatic heterocycles. The predicted molar refractivity (Wildman–Crippen MR) is 128 cm³/mol. The standard InChI is InChI=1S/C25H22N4O3S/c1-31-17-12-13-19(21(14-17)32-2)23-26-20-11-7-6-10-18(20)22-24(30)27-25(28-29(22)23)33-15-16-8-4-3-5-9-16/h3-14,23H,15H2,1-2H3,(H,27,28,30). The Bertz CT molecular complexity index is 1360. The van der Waals surface area contributed by atoms with Gasteiger partial charge >= 0.3 is 0 Å². The molecule has 0 bridgehead atoms. The van der Waals surface area contributed by atoms with E-state index in [-0.39, 0.29) is 5.91 Å². The van der Waals surface area contributed by atoms with Crippen molar-refractivity contribution in [2.45, 2.75) is 11.9 Å². The number of hydrazone groups is 1. The quantitative estimate of drug-likeness (QED) is 0.636. The van der Waals surface area contributed by atoms with Gasteiger partial charge in [0.2, 0.25) is 0 Å². The van der Waals surface area contributed by atoms with E-state index in [1.165, 1.54) is 11.8 Å². The van der Waals surface area contributed by atoms with E-state index < -0.39 is 6.17 Å². The average molecular weight is 459 g/mol. The third-order valence-electron chi connectivity index (χ3n) is 5.45. The van der Waals surface area contributed by atoms with E-state index in [0.717, 1.165) is 21.7 Å². The summed E-state index contributed by atoms with van der Waals surface area (Å²) >= 11 is 1.47. The highest BCUT2D eigenvalue weighted by atomic mass is 32.2. The van der Waals surface area contributed by atoms with Crippen molar-refractivity contribution in [3.8, 4) is 11.5 Å². The molecule has 33 heavy (non-hydrogen) atoms. The molecular weight excluding hydrogens is 436 g/mol. The summed E-state index contributed by atoms with van der Waals surface area (Å²) in [6.07, 6.45) is -0.561. The van der Waals surface area contributed by atoms with E-state index in [9.17, 15) is 4.79 Å². The van der Waals surface area contributed by atoms with Gasteiger partial charge in [-0.3, -0.25) is 15.1 Å². The van der Waals surface area contributed by atoms with Crippen molar-refractivity contribution in [3.63, 3.8) is 0 Å². The van der Waals surface area contributed by atoms with Crippen LogP contribution in [0.15, 0.2) is 82.9 Å². The second-order valence-electron chi connectivity index (χ2n) is 7.45. The fraction of sp³-hybridized carbons (Fsp3) is 0.160. The first kappa shape index (κ1) is 21.1. The Morgan fingerprint density at radius 3 is 2.58 bits per heavy atom. The molecule has 2 heterocycles. The first-order valence-corrected chi connectivity index (χ1v) is 11.4. The van der Waals surface area contributed by atoms with Crippen LogP contribution in [0.25, 0.3) is 5.70 Å². The number of nitrogens with one attached hydrogen (secondary N) is 1. The molecule has 0 saturated carbocycles. The summed E-state index contributed by atoms with van der Waals surface area (Å²) in [5.41, 5.74) is 2.40. The Kier molecular flexibility index (Phi) is 5.75. The zero-order valence-corrected chi connectivity index (χ0v) is 19.0. The molecule has 3 aromatic carbocycles. The van der Waals surface area contributed by atoms with Crippen molar-refractivity contribution in [3.05, 3.63) is 94.5 Å². The summed E-state index contributed by atoms with van der Waals surface area (Å²) in [5.74, 6) is 1.77. The summed E-state index contributed by atoms with van der Waals surface area (Å²) in [7, 11) is 3.21. The van der Waals surface area contributed by atoms with E-state index in [1.54, 1.807) is 19.2 Å². The third-order valence-corrected chi connectivity index (χ3v) is 6.39. The summed E-state index contributed by atoms with van der Waals surface area (Å²) in [4.78, 5) is 18.2. The summed E-state index contributed by atoms with van der Waals surface area (Å²) in [6, 6.07) is 23.2. The van der Waals surface area contributed by atoms with Gasteiger partial charge in [-0.05, 0) is 23.8 Å². The van der Waals surface area contributed by atoms with Gasteiger partial charge in [-0.1, -0.05) is 60.3 Å². The van der Waals surface area contributed by atoms with Crippen LogP contribution in [0.1, 0.15) is 17.3 Å². The molecule has 2 aliphatic rings. The highest BCUT2D eigenvalue weighted by molar-refractivity contribution is 8.13. The largest absolute Gasteiger partial charge is 0.497 e. The summed E-state index contributed by atoms with van der Waals surface area (Å²) in [6.45, 7) is 0. The first-order valence-electron chi connectivity index (χ1n) is 10.4. The second-order valence-corrected chi connectivity index (χ2v) is 8.42. The number of carbonyl (C=O) groups is 1. The molecule has 2 aliphatic heterocycles. The molecule has 1 N–H and O–H groups in total. The average Bonchev–Trinajstić information content (AvgIpc) is 2.87. The molecule has 7 nitrogen and oxygen atoms in total. The highest BCUT2D eigenvalue weighted by Gasteiger charge is 2.35. The smallest absolute Gasteiger partial charge is 0.276 e. The number of carbonyl (C=O) groups excluding carboxylic acids is 1. The number of amides is 1. The number of hydrogen-bond acceptors (Lipinski definition) is 7. The molecule has 1 amide bonds. The molecule has 3 aromatic rings. The molecule has 1 unspecified atom stereocenters. The number of ether oxygens (including phenoxy) is 2. The van der Waals surface area contributed by atoms with Gasteiger partial charge in [0.1, 0.15) is 17.2 Å². The van der Waals surface area contributed by atoms with Crippen LogP contribution in [-0.4, -0.2) is 30.3 Å². The fourth-order valence-corrected chi connectivity index (χ4v) is 4.66. The molecule has 1 atom stereocenters. The van der Waals surface area contributed by atoms with Crippen LogP contribution < -0.4 is 25.4 Å². The minimum atomic E-state index is -0.561. The zero-order valence-electron chi connectivity index (χ0n) is 18.2. The number of methoxy groups -OCH3 is 2. The number of nitrogens with zero attached hydrogens (tertiary/aromatic N) is 3. The van der Waals surface area contributed by atoms with Gasteiger partial charge in [-0.25, -0.2) is 5.01 Å². The van der Waals surface area contributed by atoms with Crippen LogP contribution in [0.5, 0.6) is 11.5 Å². The minimum Gasteiger partial charge on any atom is -0.497 e. The Balaban J connectivity index is 1.60. The van der Waals surface area contributed by atoms with Crippen LogP contribution in [0.2, 0.25) is 0 Å². The van der Waals surface area contributed by atoms with Crippen molar-refractivity contribution in [1.29, 1.82) is 0 Å². The molecule has 8 heteroatoms. The van der Waals surface area contributed by atoms with Gasteiger partial charge in [-0.15, -0.1) is 5.10 Å². The fourth-order valence-electron chi connectivity index (χ4n) is 3.85. The van der Waals surface area contributed by atoms with Gasteiger partial charge in [0.15, 0.2) is 11.3 Å². The molecule has 166 valence electrons. The summed E-state index contributed by atoms with van der Waals surface area (Å²) in [5, 5.41) is 11.5. The monoisotopic (exact) mass is 458 g/mol. The Morgan fingerprint density at radius 1 is 1.00 bits per heavy atom. The van der Waals surface area contributed by atoms with Crippen LogP contribution in [0, 0.1) is 0 Å². The first-order chi connectivity index (χ1) is 16.2. The molecule has 0 aliphatic carbocycles. The topological polar surface area (TPSA) is 75.5 Å². The van der Waals surface area contributed by atoms with E-state index >= 15 is 0 Å². The third kappa shape index (κ3) is 4.05. The maximum Gasteiger partial charge on any atom is 0.276 e. The Labute approximate surface area is 195 Å². The molecule has 0 fully saturated rings. The van der Waals surface area contributed by atoms with Gasteiger partial charge in [0.25, 0.3) is 5.91 Å². The van der Waals surface area contributed by atoms with E-state index in [2.05, 4.69) is 5.32 Å². The SMILES string of the molecule is COc1ccc(C2N=c3ccccc3=C3C(=O)NC(SCc4ccccc4)=NN32)c(OC)c1. The number of amidine groups is 1. The van der Waals surface area contributed by atoms with Crippen molar-refractivity contribution < 1.29 is 14.3 Å². The Morgan fingerprint density at radius 2 is 1.79 bits per heavy atom. The Hall–Kier alpha value is -3.78. The van der Waals surface area contributed by atoms with Gasteiger partial charge in [-0.2, -0.15) is 0 Å². The lowest BCUT2D eigenvalue weighted by Crippen LogP contribution is -2.50. The van der Waals surface area contributed by atoms with Crippen LogP contribution in [0.3, 0.4) is 0 Å². The van der Waals surface area contributed by atoms with Crippen LogP contribution in [-0.2, 0) is 10.5 Å². The van der Waals surface area contributed by atoms with Gasteiger partial charge in [0.05, 0.1) is 19.6 Å². The molecular formula is C25H22N4O3S. The van der Waals surface area contributed by atoms with Crippen LogP contribution >= 0.6 is 11.8 Å². The van der Waals surface area contributed by atoms with Crippen molar-refractivity contribution >= 4 is 28.5 Å². The predicted octanol–water partition coefficient (Wildman–Crippen LogP) is 2.78. The van der Waals surface area contributed by atoms with Crippen molar-refractivity contribution in [2.24, 2.45) is 10.1 Å². The number of benzene rings is 3. The molecule has 0 spiro atoms. The number of fused-ring (bicyclic) bond motifs is 2. The number of rotatable bonds is 5. The second kappa shape index (κ2) is 8.99. The maximum atomic E-state index is 13.3. The van der Waals surface area contributed by atoms with Crippen LogP contribution in [0.4, 0.5) is 0 Å². The van der Waals surface area contributed by atoms with E-state index in [4.69, 9.17) is 19.6 Å². The van der Waals surface area contributed by atoms with Crippen molar-refractivity contribution in [2.75, 3.05) is 14.2 Å². The number of para-hydroxylation sites is 1.